The highest BCUT2D eigenvalue weighted by Gasteiger charge is 2.02. The topological polar surface area (TPSA) is 53.3 Å². The number of ether oxygens (including phenoxy) is 1. The molecule has 2 N–H and O–H groups in total. The van der Waals surface area contributed by atoms with Crippen molar-refractivity contribution in [3.05, 3.63) is 42.0 Å². The molecule has 0 aromatic heterocycles. The molecule has 2 aromatic rings. The minimum atomic E-state index is 0. The Morgan fingerprint density at radius 3 is 2.44 bits per heavy atom. The number of phenolic OH excluding ortho intramolecular Hbond substituents is 1. The zero-order chi connectivity index (χ0) is 10.8. The van der Waals surface area contributed by atoms with Gasteiger partial charge in [-0.2, -0.15) is 0 Å². The van der Waals surface area contributed by atoms with E-state index in [-0.39, 0.29) is 24.1 Å². The minimum absolute atomic E-state index is 0. The Balaban J connectivity index is 0.00000128. The third-order valence-electron chi connectivity index (χ3n) is 2.29. The number of methoxy groups -OCH3 is 1. The predicted molar refractivity (Wildman–Crippen MR) is 66.7 cm³/mol. The lowest BCUT2D eigenvalue weighted by Crippen LogP contribution is -2.00. The van der Waals surface area contributed by atoms with Crippen molar-refractivity contribution >= 4 is 29.1 Å². The van der Waals surface area contributed by atoms with E-state index in [0.29, 0.717) is 0 Å². The maximum atomic E-state index is 9.29. The number of hydrogen-bond donors (Lipinski definition) is 2. The van der Waals surface area contributed by atoms with Crippen molar-refractivity contribution in [1.29, 1.82) is 5.41 Å². The number of fused-ring (bicyclic) bond motifs is 1. The van der Waals surface area contributed by atoms with Crippen molar-refractivity contribution in [2.45, 2.75) is 0 Å². The summed E-state index contributed by atoms with van der Waals surface area (Å²) in [5.74, 6) is 0.391. The number of halogens is 1. The number of hydrogen-bond acceptors (Lipinski definition) is 3. The number of benzene rings is 2. The molecule has 0 aliphatic carbocycles. The van der Waals surface area contributed by atoms with Gasteiger partial charge >= 0.3 is 0 Å². The number of rotatable bonds is 1. The molecule has 0 fully saturated rings. The molecule has 4 heteroatoms. The lowest BCUT2D eigenvalue weighted by Gasteiger charge is -2.04. The van der Waals surface area contributed by atoms with Crippen LogP contribution >= 0.6 is 12.4 Å². The van der Waals surface area contributed by atoms with Crippen LogP contribution in [0.1, 0.15) is 5.56 Å². The number of aromatic hydroxyl groups is 1. The van der Waals surface area contributed by atoms with Gasteiger partial charge in [-0.15, -0.1) is 12.4 Å². The monoisotopic (exact) mass is 237 g/mol. The zero-order valence-electron chi connectivity index (χ0n) is 8.73. The Labute approximate surface area is 99.6 Å². The van der Waals surface area contributed by atoms with E-state index in [1.165, 1.54) is 7.11 Å². The van der Waals surface area contributed by atoms with Crippen LogP contribution in [0.3, 0.4) is 0 Å². The van der Waals surface area contributed by atoms with Crippen LogP contribution in [-0.4, -0.2) is 18.1 Å². The first kappa shape index (κ1) is 12.3. The summed E-state index contributed by atoms with van der Waals surface area (Å²) in [7, 11) is 1.48. The summed E-state index contributed by atoms with van der Waals surface area (Å²) in [6.07, 6.45) is 0. The summed E-state index contributed by atoms with van der Waals surface area (Å²) in [5.41, 5.74) is 0.732. The van der Waals surface area contributed by atoms with Crippen LogP contribution in [-0.2, 0) is 4.74 Å². The lowest BCUT2D eigenvalue weighted by molar-refractivity contribution is 0.401. The van der Waals surface area contributed by atoms with Crippen molar-refractivity contribution in [1.82, 2.24) is 0 Å². The molecule has 3 nitrogen and oxygen atoms in total. The van der Waals surface area contributed by atoms with Crippen molar-refractivity contribution in [2.24, 2.45) is 0 Å². The molecule has 0 saturated carbocycles. The van der Waals surface area contributed by atoms with Crippen molar-refractivity contribution in [2.75, 3.05) is 7.11 Å². The van der Waals surface area contributed by atoms with Gasteiger partial charge in [-0.1, -0.05) is 12.1 Å². The summed E-state index contributed by atoms with van der Waals surface area (Å²) in [5, 5.41) is 18.7. The molecule has 0 aliphatic heterocycles. The quantitative estimate of drug-likeness (QED) is 0.592. The first-order valence-corrected chi connectivity index (χ1v) is 4.56. The molecule has 0 aliphatic rings. The molecule has 0 saturated heterocycles. The van der Waals surface area contributed by atoms with Crippen LogP contribution in [0.5, 0.6) is 5.75 Å². The van der Waals surface area contributed by atoms with E-state index >= 15 is 0 Å². The second-order valence-electron chi connectivity index (χ2n) is 3.28. The van der Waals surface area contributed by atoms with Gasteiger partial charge in [-0.3, -0.25) is 5.41 Å². The third kappa shape index (κ3) is 2.25. The van der Waals surface area contributed by atoms with Crippen molar-refractivity contribution in [3.8, 4) is 5.75 Å². The van der Waals surface area contributed by atoms with Gasteiger partial charge in [0.1, 0.15) is 5.75 Å². The molecular weight excluding hydrogens is 226 g/mol. The van der Waals surface area contributed by atoms with E-state index < -0.39 is 0 Å². The fraction of sp³-hybridized carbons (Fsp3) is 0.0833. The zero-order valence-corrected chi connectivity index (χ0v) is 9.54. The third-order valence-corrected chi connectivity index (χ3v) is 2.29. The predicted octanol–water partition coefficient (Wildman–Crippen LogP) is 2.94. The van der Waals surface area contributed by atoms with Crippen LogP contribution in [0.15, 0.2) is 36.4 Å². The second-order valence-corrected chi connectivity index (χ2v) is 3.28. The Kier molecular flexibility index (Phi) is 3.74. The fourth-order valence-electron chi connectivity index (χ4n) is 1.49. The highest BCUT2D eigenvalue weighted by atomic mass is 35.5. The van der Waals surface area contributed by atoms with Gasteiger partial charge in [0.2, 0.25) is 5.90 Å². The molecule has 0 amide bonds. The molecule has 0 unspecified atom stereocenters. The van der Waals surface area contributed by atoms with E-state index in [4.69, 9.17) is 10.1 Å². The van der Waals surface area contributed by atoms with Gasteiger partial charge in [-0.05, 0) is 35.0 Å². The van der Waals surface area contributed by atoms with Crippen LogP contribution in [0.25, 0.3) is 10.8 Å². The molecule has 84 valence electrons. The maximum Gasteiger partial charge on any atom is 0.212 e. The summed E-state index contributed by atoms with van der Waals surface area (Å²) < 4.78 is 4.84. The number of phenols is 1. The van der Waals surface area contributed by atoms with Crippen LogP contribution in [0.4, 0.5) is 0 Å². The Morgan fingerprint density at radius 1 is 1.12 bits per heavy atom. The first-order chi connectivity index (χ1) is 7.20. The van der Waals surface area contributed by atoms with Gasteiger partial charge in [0.15, 0.2) is 0 Å². The standard InChI is InChI=1S/C12H11NO2.ClH/c1-15-12(13)10-3-2-9-7-11(14)5-4-8(9)6-10;/h2-7,13-14H,1H3;1H. The summed E-state index contributed by atoms with van der Waals surface area (Å²) in [6.45, 7) is 0. The molecule has 16 heavy (non-hydrogen) atoms. The highest BCUT2D eigenvalue weighted by Crippen LogP contribution is 2.21. The molecule has 0 bridgehead atoms. The van der Waals surface area contributed by atoms with Gasteiger partial charge in [0.25, 0.3) is 0 Å². The van der Waals surface area contributed by atoms with Gasteiger partial charge in [0.05, 0.1) is 7.11 Å². The number of nitrogens with one attached hydrogen (secondary N) is 1. The van der Waals surface area contributed by atoms with E-state index in [9.17, 15) is 5.11 Å². The van der Waals surface area contributed by atoms with E-state index in [1.807, 2.05) is 18.2 Å². The van der Waals surface area contributed by atoms with Crippen LogP contribution in [0.2, 0.25) is 0 Å². The average molecular weight is 238 g/mol. The van der Waals surface area contributed by atoms with Crippen molar-refractivity contribution in [3.63, 3.8) is 0 Å². The van der Waals surface area contributed by atoms with Crippen LogP contribution in [0, 0.1) is 5.41 Å². The Bertz CT molecular complexity index is 525. The second kappa shape index (κ2) is 4.86. The normalized spacial score (nSPS) is 9.56. The molecule has 2 rings (SSSR count). The fourth-order valence-corrected chi connectivity index (χ4v) is 1.49. The summed E-state index contributed by atoms with van der Waals surface area (Å²) in [6, 6.07) is 10.7. The van der Waals surface area contributed by atoms with E-state index in [0.717, 1.165) is 16.3 Å². The molecule has 0 atom stereocenters. The molecule has 0 heterocycles. The smallest absolute Gasteiger partial charge is 0.212 e. The first-order valence-electron chi connectivity index (χ1n) is 4.56. The molecule has 2 aromatic carbocycles. The minimum Gasteiger partial charge on any atom is -0.508 e. The van der Waals surface area contributed by atoms with Gasteiger partial charge in [-0.25, -0.2) is 0 Å². The maximum absolute atomic E-state index is 9.29. The van der Waals surface area contributed by atoms with E-state index in [2.05, 4.69) is 0 Å². The SMILES string of the molecule is COC(=N)c1ccc2cc(O)ccc2c1.Cl. The molecular formula is C12H12ClNO2. The van der Waals surface area contributed by atoms with Crippen LogP contribution < -0.4 is 0 Å². The Morgan fingerprint density at radius 2 is 1.75 bits per heavy atom. The summed E-state index contributed by atoms with van der Waals surface area (Å²) >= 11 is 0. The lowest BCUT2D eigenvalue weighted by atomic mass is 10.1. The highest BCUT2D eigenvalue weighted by molar-refractivity contribution is 5.96. The molecule has 0 spiro atoms. The van der Waals surface area contributed by atoms with E-state index in [1.54, 1.807) is 18.2 Å². The van der Waals surface area contributed by atoms with Gasteiger partial charge < -0.3 is 9.84 Å². The van der Waals surface area contributed by atoms with Crippen molar-refractivity contribution < 1.29 is 9.84 Å². The largest absolute Gasteiger partial charge is 0.508 e. The summed E-state index contributed by atoms with van der Waals surface area (Å²) in [4.78, 5) is 0. The average Bonchev–Trinajstić information content (AvgIpc) is 2.27. The van der Waals surface area contributed by atoms with Gasteiger partial charge in [0, 0.05) is 5.56 Å². The molecule has 0 radical (unpaired) electrons. The Hall–Kier alpha value is -1.74.